The fourth-order valence-electron chi connectivity index (χ4n) is 3.27. The summed E-state index contributed by atoms with van der Waals surface area (Å²) in [4.78, 5) is 12.3. The second-order valence-electron chi connectivity index (χ2n) is 5.64. The van der Waals surface area contributed by atoms with Gasteiger partial charge in [-0.25, -0.2) is 4.79 Å². The zero-order valence-electron chi connectivity index (χ0n) is 12.1. The van der Waals surface area contributed by atoms with E-state index in [1.165, 1.54) is 0 Å². The van der Waals surface area contributed by atoms with Gasteiger partial charge in [0, 0.05) is 6.08 Å². The van der Waals surface area contributed by atoms with Crippen molar-refractivity contribution in [2.24, 2.45) is 0 Å². The van der Waals surface area contributed by atoms with Gasteiger partial charge in [-0.3, -0.25) is 0 Å². The molecule has 4 rings (SSSR count). The number of hydrogen-bond acceptors (Lipinski definition) is 3. The highest BCUT2D eigenvalue weighted by Gasteiger charge is 2.51. The maximum Gasteiger partial charge on any atom is 0.341 e. The third-order valence-corrected chi connectivity index (χ3v) is 4.32. The highest BCUT2D eigenvalue weighted by molar-refractivity contribution is 6.18. The van der Waals surface area contributed by atoms with E-state index < -0.39 is 5.79 Å². The summed E-state index contributed by atoms with van der Waals surface area (Å²) in [5.74, 6) is -1.23. The van der Waals surface area contributed by atoms with Crippen molar-refractivity contribution in [1.82, 2.24) is 0 Å². The molecule has 2 heterocycles. The molecule has 3 nitrogen and oxygen atoms in total. The molecule has 1 fully saturated rings. The summed E-state index contributed by atoms with van der Waals surface area (Å²) in [6.07, 6.45) is 2.70. The van der Waals surface area contributed by atoms with Gasteiger partial charge in [0.15, 0.2) is 0 Å². The standard InChI is InChI=1S/C19H16O3/c20-18-16(14-7-3-1-4-8-14)13-19(22-18)17(11-12-21-19)15-9-5-2-6-10-15/h1-10,13,17H,11-12H2/t17-,19+/m1/s1. The minimum absolute atomic E-state index is 0.0406. The van der Waals surface area contributed by atoms with Crippen molar-refractivity contribution < 1.29 is 14.3 Å². The van der Waals surface area contributed by atoms with Gasteiger partial charge in [0.25, 0.3) is 0 Å². The van der Waals surface area contributed by atoms with Gasteiger partial charge in [0.05, 0.1) is 18.1 Å². The molecule has 0 aliphatic carbocycles. The number of ether oxygens (including phenoxy) is 2. The lowest BCUT2D eigenvalue weighted by atomic mass is 9.89. The Bertz CT molecular complexity index is 721. The molecule has 0 aromatic heterocycles. The predicted molar refractivity (Wildman–Crippen MR) is 83.0 cm³/mol. The van der Waals surface area contributed by atoms with Crippen LogP contribution in [0.3, 0.4) is 0 Å². The Morgan fingerprint density at radius 2 is 1.64 bits per heavy atom. The molecule has 0 unspecified atom stereocenters. The van der Waals surface area contributed by atoms with Gasteiger partial charge in [-0.15, -0.1) is 0 Å². The summed E-state index contributed by atoms with van der Waals surface area (Å²) in [5.41, 5.74) is 2.59. The Morgan fingerprint density at radius 3 is 2.36 bits per heavy atom. The number of carbonyl (C=O) groups is 1. The van der Waals surface area contributed by atoms with Gasteiger partial charge in [0.2, 0.25) is 5.79 Å². The van der Waals surface area contributed by atoms with E-state index in [2.05, 4.69) is 12.1 Å². The molecule has 0 radical (unpaired) electrons. The molecule has 0 N–H and O–H groups in total. The lowest BCUT2D eigenvalue weighted by molar-refractivity contribution is -0.185. The van der Waals surface area contributed by atoms with E-state index in [1.54, 1.807) is 0 Å². The van der Waals surface area contributed by atoms with E-state index in [9.17, 15) is 4.79 Å². The van der Waals surface area contributed by atoms with Crippen LogP contribution in [-0.4, -0.2) is 18.4 Å². The van der Waals surface area contributed by atoms with Crippen LogP contribution in [-0.2, 0) is 14.3 Å². The first-order valence-corrected chi connectivity index (χ1v) is 7.49. The van der Waals surface area contributed by atoms with E-state index in [0.717, 1.165) is 17.5 Å². The Labute approximate surface area is 129 Å². The molecule has 2 aromatic rings. The lowest BCUT2D eigenvalue weighted by Gasteiger charge is -2.27. The van der Waals surface area contributed by atoms with Crippen LogP contribution in [0, 0.1) is 0 Å². The number of hydrogen-bond donors (Lipinski definition) is 0. The Balaban J connectivity index is 1.75. The molecule has 2 aliphatic rings. The van der Waals surface area contributed by atoms with Gasteiger partial charge in [-0.2, -0.15) is 0 Å². The first-order chi connectivity index (χ1) is 10.8. The zero-order valence-corrected chi connectivity index (χ0v) is 12.1. The molecule has 0 saturated carbocycles. The van der Waals surface area contributed by atoms with Crippen molar-refractivity contribution in [3.05, 3.63) is 77.9 Å². The Hall–Kier alpha value is -2.39. The normalized spacial score (nSPS) is 27.0. The van der Waals surface area contributed by atoms with Gasteiger partial charge in [0.1, 0.15) is 0 Å². The molecular weight excluding hydrogens is 276 g/mol. The molecule has 2 aromatic carbocycles. The van der Waals surface area contributed by atoms with E-state index >= 15 is 0 Å². The van der Waals surface area contributed by atoms with Gasteiger partial charge < -0.3 is 9.47 Å². The van der Waals surface area contributed by atoms with E-state index in [4.69, 9.17) is 9.47 Å². The maximum absolute atomic E-state index is 12.3. The van der Waals surface area contributed by atoms with Crippen molar-refractivity contribution in [3.63, 3.8) is 0 Å². The van der Waals surface area contributed by atoms with Crippen LogP contribution in [0.4, 0.5) is 0 Å². The molecule has 1 saturated heterocycles. The van der Waals surface area contributed by atoms with Crippen LogP contribution < -0.4 is 0 Å². The van der Waals surface area contributed by atoms with E-state index in [-0.39, 0.29) is 11.9 Å². The Kier molecular flexibility index (Phi) is 3.09. The van der Waals surface area contributed by atoms with E-state index in [0.29, 0.717) is 12.2 Å². The number of benzene rings is 2. The molecule has 0 bridgehead atoms. The minimum Gasteiger partial charge on any atom is -0.425 e. The molecule has 2 atom stereocenters. The fourth-order valence-corrected chi connectivity index (χ4v) is 3.27. The average molecular weight is 292 g/mol. The van der Waals surface area contributed by atoms with Crippen molar-refractivity contribution in [1.29, 1.82) is 0 Å². The van der Waals surface area contributed by atoms with Crippen molar-refractivity contribution >= 4 is 11.5 Å². The van der Waals surface area contributed by atoms with Crippen LogP contribution in [0.5, 0.6) is 0 Å². The quantitative estimate of drug-likeness (QED) is 0.794. The van der Waals surface area contributed by atoms with Gasteiger partial charge in [-0.05, 0) is 17.5 Å². The highest BCUT2D eigenvalue weighted by atomic mass is 16.7. The smallest absolute Gasteiger partial charge is 0.341 e. The molecule has 1 spiro atoms. The first kappa shape index (κ1) is 13.3. The number of esters is 1. The van der Waals surface area contributed by atoms with Crippen molar-refractivity contribution in [2.75, 3.05) is 6.61 Å². The molecule has 3 heteroatoms. The van der Waals surface area contributed by atoms with Crippen LogP contribution >= 0.6 is 0 Å². The summed E-state index contributed by atoms with van der Waals surface area (Å²) in [6.45, 7) is 0.589. The fraction of sp³-hybridized carbons (Fsp3) is 0.211. The maximum atomic E-state index is 12.3. The van der Waals surface area contributed by atoms with Crippen LogP contribution in [0.2, 0.25) is 0 Å². The predicted octanol–water partition coefficient (Wildman–Crippen LogP) is 3.53. The summed E-state index contributed by atoms with van der Waals surface area (Å²) in [6, 6.07) is 19.7. The van der Waals surface area contributed by atoms with E-state index in [1.807, 2.05) is 54.6 Å². The van der Waals surface area contributed by atoms with Gasteiger partial charge >= 0.3 is 5.97 Å². The zero-order chi connectivity index (χ0) is 15.0. The van der Waals surface area contributed by atoms with Gasteiger partial charge in [-0.1, -0.05) is 60.7 Å². The van der Waals surface area contributed by atoms with Crippen LogP contribution in [0.1, 0.15) is 23.5 Å². The lowest BCUT2D eigenvalue weighted by Crippen LogP contribution is -2.33. The third-order valence-electron chi connectivity index (χ3n) is 4.32. The highest BCUT2D eigenvalue weighted by Crippen LogP contribution is 2.47. The van der Waals surface area contributed by atoms with Crippen molar-refractivity contribution in [2.45, 2.75) is 18.1 Å². The molecule has 22 heavy (non-hydrogen) atoms. The summed E-state index contributed by atoms with van der Waals surface area (Å²) in [7, 11) is 0. The summed E-state index contributed by atoms with van der Waals surface area (Å²) < 4.78 is 11.6. The largest absolute Gasteiger partial charge is 0.425 e. The van der Waals surface area contributed by atoms with Crippen LogP contribution in [0.15, 0.2) is 66.7 Å². The summed E-state index contributed by atoms with van der Waals surface area (Å²) >= 11 is 0. The second kappa shape index (κ2) is 5.11. The topological polar surface area (TPSA) is 35.5 Å². The average Bonchev–Trinajstić information content (AvgIpc) is 3.13. The van der Waals surface area contributed by atoms with Crippen LogP contribution in [0.25, 0.3) is 5.57 Å². The molecule has 2 aliphatic heterocycles. The summed E-state index contributed by atoms with van der Waals surface area (Å²) in [5, 5.41) is 0. The number of carbonyl (C=O) groups excluding carboxylic acids is 1. The molecule has 110 valence electrons. The molecular formula is C19H16O3. The Morgan fingerprint density at radius 1 is 0.955 bits per heavy atom. The number of rotatable bonds is 2. The second-order valence-corrected chi connectivity index (χ2v) is 5.64. The minimum atomic E-state index is -0.955. The van der Waals surface area contributed by atoms with Crippen molar-refractivity contribution in [3.8, 4) is 0 Å². The SMILES string of the molecule is O=C1O[C@]2(C=C1c1ccccc1)OCC[C@@H]2c1ccccc1. The third kappa shape index (κ3) is 2.06. The molecule has 0 amide bonds. The first-order valence-electron chi connectivity index (χ1n) is 7.49. The monoisotopic (exact) mass is 292 g/mol.